The van der Waals surface area contributed by atoms with Crippen LogP contribution in [0.1, 0.15) is 44.4 Å². The predicted molar refractivity (Wildman–Crippen MR) is 91.2 cm³/mol. The number of nitrogens with one attached hydrogen (secondary N) is 2. The highest BCUT2D eigenvalue weighted by atomic mass is 35.5. The Labute approximate surface area is 148 Å². The van der Waals surface area contributed by atoms with Crippen molar-refractivity contribution in [1.29, 1.82) is 0 Å². The van der Waals surface area contributed by atoms with Crippen molar-refractivity contribution < 1.29 is 9.53 Å². The van der Waals surface area contributed by atoms with Gasteiger partial charge in [-0.1, -0.05) is 6.92 Å². The fourth-order valence-corrected chi connectivity index (χ4v) is 2.97. The molecule has 1 fully saturated rings. The summed E-state index contributed by atoms with van der Waals surface area (Å²) in [6.45, 7) is 6.22. The van der Waals surface area contributed by atoms with Gasteiger partial charge in [-0.25, -0.2) is 9.67 Å². The molecule has 0 aromatic carbocycles. The van der Waals surface area contributed by atoms with E-state index in [0.29, 0.717) is 13.2 Å². The van der Waals surface area contributed by atoms with Crippen molar-refractivity contribution in [2.45, 2.75) is 57.8 Å². The highest BCUT2D eigenvalue weighted by Crippen LogP contribution is 2.23. The number of rotatable bonds is 3. The van der Waals surface area contributed by atoms with Gasteiger partial charge in [0.05, 0.1) is 18.8 Å². The Kier molecular flexibility index (Phi) is 7.73. The molecule has 1 aromatic rings. The van der Waals surface area contributed by atoms with Crippen LogP contribution in [0.3, 0.4) is 0 Å². The molecular weight excluding hydrogens is 341 g/mol. The Balaban J connectivity index is 0.00000132. The molecule has 0 radical (unpaired) electrons. The number of amides is 1. The van der Waals surface area contributed by atoms with Crippen molar-refractivity contribution in [1.82, 2.24) is 25.4 Å². The number of hydrogen-bond acceptors (Lipinski definition) is 5. The molecule has 2 N–H and O–H groups in total. The summed E-state index contributed by atoms with van der Waals surface area (Å²) in [5.41, 5.74) is 0. The number of aromatic nitrogens is 3. The van der Waals surface area contributed by atoms with Gasteiger partial charge in [0.1, 0.15) is 11.9 Å². The Bertz CT molecular complexity index is 525. The van der Waals surface area contributed by atoms with Gasteiger partial charge in [-0.2, -0.15) is 5.10 Å². The summed E-state index contributed by atoms with van der Waals surface area (Å²) >= 11 is 0. The van der Waals surface area contributed by atoms with E-state index in [1.807, 2.05) is 18.5 Å². The summed E-state index contributed by atoms with van der Waals surface area (Å²) in [5, 5.41) is 10.8. The topological polar surface area (TPSA) is 81.1 Å². The van der Waals surface area contributed by atoms with Gasteiger partial charge in [-0.05, 0) is 19.8 Å². The Hall–Kier alpha value is -0.890. The van der Waals surface area contributed by atoms with Crippen molar-refractivity contribution in [3.63, 3.8) is 0 Å². The van der Waals surface area contributed by atoms with E-state index in [4.69, 9.17) is 4.74 Å². The van der Waals surface area contributed by atoms with Gasteiger partial charge in [-0.15, -0.1) is 24.8 Å². The van der Waals surface area contributed by atoms with Gasteiger partial charge < -0.3 is 15.4 Å². The average Bonchev–Trinajstić information content (AvgIpc) is 2.92. The number of halogens is 2. The fraction of sp³-hybridized carbons (Fsp3) is 0.786. The quantitative estimate of drug-likeness (QED) is 0.835. The van der Waals surface area contributed by atoms with Crippen LogP contribution in [0, 0.1) is 0 Å². The summed E-state index contributed by atoms with van der Waals surface area (Å²) in [4.78, 5) is 17.0. The molecule has 1 amide bonds. The smallest absolute Gasteiger partial charge is 0.240 e. The van der Waals surface area contributed by atoms with Crippen LogP contribution in [0.4, 0.5) is 0 Å². The zero-order chi connectivity index (χ0) is 14.8. The lowest BCUT2D eigenvalue weighted by molar-refractivity contribution is -0.129. The molecule has 1 aromatic heterocycles. The summed E-state index contributed by atoms with van der Waals surface area (Å²) < 4.78 is 7.47. The van der Waals surface area contributed by atoms with Crippen LogP contribution in [0.2, 0.25) is 0 Å². The molecule has 3 atom stereocenters. The zero-order valence-corrected chi connectivity index (χ0v) is 15.1. The van der Waals surface area contributed by atoms with E-state index in [1.54, 1.807) is 0 Å². The Morgan fingerprint density at radius 1 is 1.48 bits per heavy atom. The molecule has 132 valence electrons. The summed E-state index contributed by atoms with van der Waals surface area (Å²) in [5.74, 6) is 1.72. The van der Waals surface area contributed by atoms with E-state index >= 15 is 0 Å². The third-order valence-corrected chi connectivity index (χ3v) is 4.15. The number of aryl methyl sites for hydroxylation is 2. The number of morpholine rings is 1. The third-order valence-electron chi connectivity index (χ3n) is 4.15. The number of carbonyl (C=O) groups is 1. The number of hydrogen-bond donors (Lipinski definition) is 2. The second kappa shape index (κ2) is 8.82. The van der Waals surface area contributed by atoms with Crippen LogP contribution >= 0.6 is 24.8 Å². The van der Waals surface area contributed by atoms with E-state index in [2.05, 4.69) is 20.7 Å². The predicted octanol–water partition coefficient (Wildman–Crippen LogP) is 1.01. The van der Waals surface area contributed by atoms with Crippen LogP contribution in [-0.4, -0.2) is 46.0 Å². The molecule has 3 rings (SSSR count). The zero-order valence-electron chi connectivity index (χ0n) is 13.4. The monoisotopic (exact) mass is 365 g/mol. The van der Waals surface area contributed by atoms with Crippen LogP contribution in [0.15, 0.2) is 0 Å². The molecule has 2 aliphatic rings. The molecule has 0 bridgehead atoms. The average molecular weight is 366 g/mol. The van der Waals surface area contributed by atoms with Crippen molar-refractivity contribution in [2.24, 2.45) is 0 Å². The first kappa shape index (κ1) is 20.2. The van der Waals surface area contributed by atoms with Gasteiger partial charge in [-0.3, -0.25) is 4.79 Å². The maximum absolute atomic E-state index is 12.5. The fourth-order valence-electron chi connectivity index (χ4n) is 2.97. The lowest BCUT2D eigenvalue weighted by atomic mass is 10.1. The van der Waals surface area contributed by atoms with E-state index in [9.17, 15) is 4.79 Å². The van der Waals surface area contributed by atoms with Gasteiger partial charge in [0, 0.05) is 19.5 Å². The van der Waals surface area contributed by atoms with Gasteiger partial charge in [0.2, 0.25) is 5.91 Å². The number of nitrogens with zero attached hydrogens (tertiary/aromatic N) is 3. The van der Waals surface area contributed by atoms with Gasteiger partial charge >= 0.3 is 0 Å². The lowest BCUT2D eigenvalue weighted by Gasteiger charge is -2.31. The van der Waals surface area contributed by atoms with Crippen molar-refractivity contribution >= 4 is 30.7 Å². The summed E-state index contributed by atoms with van der Waals surface area (Å²) in [6.07, 6.45) is 2.63. The first-order valence-electron chi connectivity index (χ1n) is 7.78. The minimum absolute atomic E-state index is 0. The van der Waals surface area contributed by atoms with Gasteiger partial charge in [0.25, 0.3) is 0 Å². The minimum Gasteiger partial charge on any atom is -0.375 e. The first-order valence-corrected chi connectivity index (χ1v) is 7.78. The van der Waals surface area contributed by atoms with Crippen molar-refractivity contribution in [3.8, 4) is 0 Å². The second-order valence-electron chi connectivity index (χ2n) is 5.67. The maximum Gasteiger partial charge on any atom is 0.240 e. The molecule has 7 nitrogen and oxygen atoms in total. The largest absolute Gasteiger partial charge is 0.375 e. The SMILES string of the molecule is CCc1nc2n(n1)CCCC2NC(=O)[C@H]1NCCO[C@@H]1C.Cl.Cl. The molecular formula is C14H25Cl2N5O2. The van der Waals surface area contributed by atoms with Gasteiger partial charge in [0.15, 0.2) is 5.82 Å². The lowest BCUT2D eigenvalue weighted by Crippen LogP contribution is -2.56. The van der Waals surface area contributed by atoms with Crippen molar-refractivity contribution in [2.75, 3.05) is 13.2 Å². The molecule has 1 saturated heterocycles. The highest BCUT2D eigenvalue weighted by molar-refractivity contribution is 5.85. The minimum atomic E-state index is -0.289. The molecule has 23 heavy (non-hydrogen) atoms. The highest BCUT2D eigenvalue weighted by Gasteiger charge is 2.32. The molecule has 3 heterocycles. The molecule has 9 heteroatoms. The third kappa shape index (κ3) is 4.35. The molecule has 0 aliphatic carbocycles. The second-order valence-corrected chi connectivity index (χ2v) is 5.67. The Morgan fingerprint density at radius 2 is 2.26 bits per heavy atom. The maximum atomic E-state index is 12.5. The van der Waals surface area contributed by atoms with Crippen LogP contribution in [-0.2, 0) is 22.5 Å². The molecule has 0 saturated carbocycles. The molecule has 0 spiro atoms. The Morgan fingerprint density at radius 3 is 2.96 bits per heavy atom. The van der Waals surface area contributed by atoms with E-state index in [-0.39, 0.29) is 48.9 Å². The van der Waals surface area contributed by atoms with Crippen LogP contribution < -0.4 is 10.6 Å². The molecule has 2 aliphatic heterocycles. The van der Waals surface area contributed by atoms with E-state index in [0.717, 1.165) is 37.5 Å². The number of fused-ring (bicyclic) bond motifs is 1. The van der Waals surface area contributed by atoms with E-state index in [1.165, 1.54) is 0 Å². The van der Waals surface area contributed by atoms with E-state index < -0.39 is 0 Å². The van der Waals surface area contributed by atoms with Crippen molar-refractivity contribution in [3.05, 3.63) is 11.6 Å². The summed E-state index contributed by atoms with van der Waals surface area (Å²) in [6, 6.07) is -0.335. The van der Waals surface area contributed by atoms with Crippen LogP contribution in [0.5, 0.6) is 0 Å². The standard InChI is InChI=1S/C14H23N5O2.2ClH/c1-3-11-17-13-10(5-4-7-19(13)18-11)16-14(20)12-9(2)21-8-6-15-12;;/h9-10,12,15H,3-8H2,1-2H3,(H,16,20);2*1H/t9-,10?,12+;;/m1../s1. The molecule has 1 unspecified atom stereocenters. The normalized spacial score (nSPS) is 26.4. The number of carbonyl (C=O) groups excluding carboxylic acids is 1. The first-order chi connectivity index (χ1) is 10.2. The number of ether oxygens (including phenoxy) is 1. The van der Waals surface area contributed by atoms with Crippen LogP contribution in [0.25, 0.3) is 0 Å². The summed E-state index contributed by atoms with van der Waals surface area (Å²) in [7, 11) is 0.